The first-order valence-electron chi connectivity index (χ1n) is 4.38. The Hall–Kier alpha value is -0.445. The third kappa shape index (κ3) is 1.90. The maximum Gasteiger partial charge on any atom is 0.465 e. The van der Waals surface area contributed by atoms with E-state index in [9.17, 15) is 0 Å². The van der Waals surface area contributed by atoms with Gasteiger partial charge in [-0.25, -0.2) is 0 Å². The number of aryl methyl sites for hydroxylation is 1. The predicted octanol–water partition coefficient (Wildman–Crippen LogP) is 1.11. The lowest BCUT2D eigenvalue weighted by Gasteiger charge is -2.22. The maximum absolute atomic E-state index is 9.04. The minimum atomic E-state index is -1.20. The molecule has 2 N–H and O–H groups in total. The van der Waals surface area contributed by atoms with Crippen molar-refractivity contribution in [2.24, 2.45) is 0 Å². The van der Waals surface area contributed by atoms with E-state index in [1.54, 1.807) is 11.8 Å². The molecule has 0 saturated heterocycles. The molecule has 2 rings (SSSR count). The van der Waals surface area contributed by atoms with Crippen LogP contribution >= 0.6 is 11.8 Å². The van der Waals surface area contributed by atoms with Crippen LogP contribution in [0.25, 0.3) is 0 Å². The molecule has 0 aromatic heterocycles. The molecule has 1 aliphatic heterocycles. The van der Waals surface area contributed by atoms with Crippen molar-refractivity contribution < 1.29 is 10.0 Å². The van der Waals surface area contributed by atoms with Crippen molar-refractivity contribution in [1.82, 2.24) is 0 Å². The summed E-state index contributed by atoms with van der Waals surface area (Å²) in [5.41, 5.74) is 1.32. The SMILES string of the molecule is OB(O)C1CCc2ccccc2S1. The minimum absolute atomic E-state index is 0.0603. The molecule has 1 aromatic rings. The predicted molar refractivity (Wildman–Crippen MR) is 54.6 cm³/mol. The van der Waals surface area contributed by atoms with Crippen LogP contribution in [0.3, 0.4) is 0 Å². The largest absolute Gasteiger partial charge is 0.465 e. The topological polar surface area (TPSA) is 40.5 Å². The summed E-state index contributed by atoms with van der Waals surface area (Å²) in [5.74, 6) is 0. The highest BCUT2D eigenvalue weighted by molar-refractivity contribution is 8.01. The Morgan fingerprint density at radius 2 is 2.08 bits per heavy atom. The lowest BCUT2D eigenvalue weighted by Crippen LogP contribution is -2.30. The minimum Gasteiger partial charge on any atom is -0.426 e. The van der Waals surface area contributed by atoms with Gasteiger partial charge in [-0.1, -0.05) is 18.2 Å². The Balaban J connectivity index is 2.20. The van der Waals surface area contributed by atoms with E-state index in [-0.39, 0.29) is 5.15 Å². The van der Waals surface area contributed by atoms with Crippen LogP contribution in [0.2, 0.25) is 0 Å². The maximum atomic E-state index is 9.04. The highest BCUT2D eigenvalue weighted by Gasteiger charge is 2.28. The summed E-state index contributed by atoms with van der Waals surface area (Å²) in [6.45, 7) is 0. The van der Waals surface area contributed by atoms with E-state index in [0.29, 0.717) is 0 Å². The molecular weight excluding hydrogens is 183 g/mol. The molecule has 1 aromatic carbocycles. The zero-order valence-corrected chi connectivity index (χ0v) is 8.00. The fourth-order valence-corrected chi connectivity index (χ4v) is 2.72. The van der Waals surface area contributed by atoms with Gasteiger partial charge >= 0.3 is 7.12 Å². The average Bonchev–Trinajstić information content (AvgIpc) is 2.17. The number of thioether (sulfide) groups is 1. The lowest BCUT2D eigenvalue weighted by molar-refractivity contribution is 0.399. The van der Waals surface area contributed by atoms with Gasteiger partial charge in [0.15, 0.2) is 0 Å². The summed E-state index contributed by atoms with van der Waals surface area (Å²) in [6, 6.07) is 8.14. The van der Waals surface area contributed by atoms with E-state index in [2.05, 4.69) is 6.07 Å². The van der Waals surface area contributed by atoms with Crippen molar-refractivity contribution >= 4 is 18.9 Å². The quantitative estimate of drug-likeness (QED) is 0.657. The molecule has 0 saturated carbocycles. The van der Waals surface area contributed by atoms with E-state index in [0.717, 1.165) is 12.8 Å². The Bertz CT molecular complexity index is 303. The first-order chi connectivity index (χ1) is 6.27. The number of hydrogen-bond donors (Lipinski definition) is 2. The molecule has 0 fully saturated rings. The van der Waals surface area contributed by atoms with Gasteiger partial charge in [0.25, 0.3) is 0 Å². The Morgan fingerprint density at radius 1 is 1.31 bits per heavy atom. The van der Waals surface area contributed by atoms with Gasteiger partial charge in [-0.3, -0.25) is 0 Å². The summed E-state index contributed by atoms with van der Waals surface area (Å²) in [7, 11) is -1.20. The number of benzene rings is 1. The van der Waals surface area contributed by atoms with Gasteiger partial charge in [0, 0.05) is 10.0 Å². The molecule has 0 radical (unpaired) electrons. The van der Waals surface area contributed by atoms with Crippen molar-refractivity contribution in [3.05, 3.63) is 29.8 Å². The molecule has 1 aliphatic rings. The molecule has 0 bridgehead atoms. The smallest absolute Gasteiger partial charge is 0.426 e. The van der Waals surface area contributed by atoms with Crippen molar-refractivity contribution in [1.29, 1.82) is 0 Å². The Morgan fingerprint density at radius 3 is 2.85 bits per heavy atom. The highest BCUT2D eigenvalue weighted by atomic mass is 32.2. The van der Waals surface area contributed by atoms with Crippen molar-refractivity contribution in [3.63, 3.8) is 0 Å². The van der Waals surface area contributed by atoms with Gasteiger partial charge in [0.2, 0.25) is 0 Å². The Labute approximate surface area is 82.1 Å². The van der Waals surface area contributed by atoms with E-state index < -0.39 is 7.12 Å². The molecule has 1 unspecified atom stereocenters. The second-order valence-electron chi connectivity index (χ2n) is 3.22. The van der Waals surface area contributed by atoms with Gasteiger partial charge in [-0.05, 0) is 24.5 Å². The summed E-state index contributed by atoms with van der Waals surface area (Å²) >= 11 is 1.57. The monoisotopic (exact) mass is 194 g/mol. The molecule has 0 amide bonds. The van der Waals surface area contributed by atoms with Gasteiger partial charge in [0.1, 0.15) is 0 Å². The molecule has 13 heavy (non-hydrogen) atoms. The number of rotatable bonds is 1. The van der Waals surface area contributed by atoms with Crippen LogP contribution in [-0.4, -0.2) is 22.3 Å². The molecular formula is C9H11BO2S. The second kappa shape index (κ2) is 3.74. The van der Waals surface area contributed by atoms with Gasteiger partial charge in [-0.15, -0.1) is 11.8 Å². The fourth-order valence-electron chi connectivity index (χ4n) is 1.56. The fraction of sp³-hybridized carbons (Fsp3) is 0.333. The molecule has 68 valence electrons. The van der Waals surface area contributed by atoms with Crippen molar-refractivity contribution in [2.45, 2.75) is 22.9 Å². The lowest BCUT2D eigenvalue weighted by atomic mass is 9.82. The van der Waals surface area contributed by atoms with Gasteiger partial charge in [-0.2, -0.15) is 0 Å². The van der Waals surface area contributed by atoms with Crippen LogP contribution in [0.15, 0.2) is 29.2 Å². The van der Waals surface area contributed by atoms with E-state index in [1.807, 2.05) is 18.2 Å². The van der Waals surface area contributed by atoms with Crippen LogP contribution in [0, 0.1) is 0 Å². The molecule has 1 heterocycles. The van der Waals surface area contributed by atoms with Crippen molar-refractivity contribution in [3.8, 4) is 0 Å². The van der Waals surface area contributed by atoms with Crippen LogP contribution in [0.1, 0.15) is 12.0 Å². The molecule has 2 nitrogen and oxygen atoms in total. The second-order valence-corrected chi connectivity index (χ2v) is 4.50. The van der Waals surface area contributed by atoms with Gasteiger partial charge in [0.05, 0.1) is 0 Å². The first-order valence-corrected chi connectivity index (χ1v) is 5.26. The molecule has 1 atom stereocenters. The first kappa shape index (κ1) is 9.12. The van der Waals surface area contributed by atoms with E-state index in [4.69, 9.17) is 10.0 Å². The Kier molecular flexibility index (Phi) is 2.62. The average molecular weight is 194 g/mol. The third-order valence-electron chi connectivity index (χ3n) is 2.28. The molecule has 4 heteroatoms. The summed E-state index contributed by atoms with van der Waals surface area (Å²) in [4.78, 5) is 1.19. The molecule has 0 aliphatic carbocycles. The number of hydrogen-bond acceptors (Lipinski definition) is 3. The van der Waals surface area contributed by atoms with Gasteiger partial charge < -0.3 is 10.0 Å². The van der Waals surface area contributed by atoms with Crippen LogP contribution < -0.4 is 0 Å². The van der Waals surface area contributed by atoms with Crippen LogP contribution in [-0.2, 0) is 6.42 Å². The zero-order valence-electron chi connectivity index (χ0n) is 7.18. The van der Waals surface area contributed by atoms with Crippen molar-refractivity contribution in [2.75, 3.05) is 0 Å². The summed E-state index contributed by atoms with van der Waals surface area (Å²) < 4.78 is 0. The number of fused-ring (bicyclic) bond motifs is 1. The van der Waals surface area contributed by atoms with E-state index in [1.165, 1.54) is 10.5 Å². The standard InChI is InChI=1S/C9H11BO2S/c11-10(12)9-6-5-7-3-1-2-4-8(7)13-9/h1-4,9,11-12H,5-6H2. The van der Waals surface area contributed by atoms with Crippen LogP contribution in [0.4, 0.5) is 0 Å². The van der Waals surface area contributed by atoms with Crippen LogP contribution in [0.5, 0.6) is 0 Å². The highest BCUT2D eigenvalue weighted by Crippen LogP contribution is 2.35. The van der Waals surface area contributed by atoms with E-state index >= 15 is 0 Å². The summed E-state index contributed by atoms with van der Waals surface area (Å²) in [5, 5.41) is 18.0. The summed E-state index contributed by atoms with van der Waals surface area (Å²) in [6.07, 6.45) is 1.80. The molecule has 0 spiro atoms. The third-order valence-corrected chi connectivity index (χ3v) is 3.72. The normalized spacial score (nSPS) is 20.9. The zero-order chi connectivity index (χ0) is 9.26.